The van der Waals surface area contributed by atoms with Crippen LogP contribution in [-0.4, -0.2) is 11.7 Å². The van der Waals surface area contributed by atoms with Gasteiger partial charge in [0.2, 0.25) is 0 Å². The first-order valence-electron chi connectivity index (χ1n) is 5.49. The lowest BCUT2D eigenvalue weighted by Gasteiger charge is -2.08. The highest BCUT2D eigenvalue weighted by molar-refractivity contribution is 6.32. The lowest BCUT2D eigenvalue weighted by molar-refractivity contribution is 0.417. The van der Waals surface area contributed by atoms with Gasteiger partial charge in [-0.3, -0.25) is 0 Å². The summed E-state index contributed by atoms with van der Waals surface area (Å²) in [5.74, 6) is 0.749. The largest absolute Gasteiger partial charge is 0.495 e. The number of benzene rings is 1. The molecular weight excluding hydrogens is 236 g/mol. The molecule has 0 unspecified atom stereocenters. The summed E-state index contributed by atoms with van der Waals surface area (Å²) in [4.78, 5) is 0. The third-order valence-corrected chi connectivity index (χ3v) is 3.15. The van der Waals surface area contributed by atoms with Crippen molar-refractivity contribution in [2.75, 3.05) is 7.11 Å². The van der Waals surface area contributed by atoms with Crippen LogP contribution in [0.5, 0.6) is 5.75 Å². The number of halogens is 1. The second-order valence-corrected chi connectivity index (χ2v) is 4.14. The molecule has 88 valence electrons. The monoisotopic (exact) mass is 248 g/mol. The molecule has 0 N–H and O–H groups in total. The van der Waals surface area contributed by atoms with Crippen molar-refractivity contribution in [2.24, 2.45) is 0 Å². The highest BCUT2D eigenvalue weighted by Crippen LogP contribution is 2.35. The molecule has 0 aliphatic heterocycles. The molecule has 17 heavy (non-hydrogen) atoms. The van der Waals surface area contributed by atoms with Crippen LogP contribution in [0, 0.1) is 11.3 Å². The van der Waals surface area contributed by atoms with E-state index in [-0.39, 0.29) is 0 Å². The third kappa shape index (κ3) is 1.75. The average molecular weight is 249 g/mol. The van der Waals surface area contributed by atoms with Gasteiger partial charge in [0.05, 0.1) is 18.2 Å². The number of fused-ring (bicyclic) bond motifs is 1. The number of methoxy groups -OCH3 is 1. The maximum atomic E-state index is 9.17. The van der Waals surface area contributed by atoms with E-state index < -0.39 is 0 Å². The molecule has 4 heteroatoms. The lowest BCUT2D eigenvalue weighted by atomic mass is 10.2. The van der Waals surface area contributed by atoms with E-state index >= 15 is 0 Å². The molecule has 0 saturated carbocycles. The first-order chi connectivity index (χ1) is 8.24. The number of hydrogen-bond donors (Lipinski definition) is 0. The van der Waals surface area contributed by atoms with E-state index in [1.54, 1.807) is 7.11 Å². The van der Waals surface area contributed by atoms with Gasteiger partial charge in [0.1, 0.15) is 17.0 Å². The van der Waals surface area contributed by atoms with Crippen LogP contribution in [0.1, 0.15) is 18.9 Å². The lowest BCUT2D eigenvalue weighted by Crippen LogP contribution is -1.98. The number of nitriles is 1. The topological polar surface area (TPSA) is 38.0 Å². The second kappa shape index (κ2) is 4.68. The summed E-state index contributed by atoms with van der Waals surface area (Å²) in [6, 6.07) is 7.81. The summed E-state index contributed by atoms with van der Waals surface area (Å²) in [5.41, 5.74) is 1.42. The number of aromatic nitrogens is 1. The van der Waals surface area contributed by atoms with E-state index in [2.05, 4.69) is 13.0 Å². The van der Waals surface area contributed by atoms with Crippen molar-refractivity contribution in [3.63, 3.8) is 0 Å². The van der Waals surface area contributed by atoms with Crippen molar-refractivity contribution < 1.29 is 4.74 Å². The summed E-state index contributed by atoms with van der Waals surface area (Å²) in [5, 5.41) is 10.5. The van der Waals surface area contributed by atoms with E-state index in [0.717, 1.165) is 29.6 Å². The Bertz CT molecular complexity index is 595. The van der Waals surface area contributed by atoms with Gasteiger partial charge in [-0.2, -0.15) is 5.26 Å². The van der Waals surface area contributed by atoms with Crippen LogP contribution in [0.15, 0.2) is 18.2 Å². The van der Waals surface area contributed by atoms with Crippen LogP contribution in [-0.2, 0) is 6.54 Å². The summed E-state index contributed by atoms with van der Waals surface area (Å²) >= 11 is 6.24. The van der Waals surface area contributed by atoms with E-state index in [9.17, 15) is 5.26 Å². The van der Waals surface area contributed by atoms with E-state index in [4.69, 9.17) is 16.3 Å². The Morgan fingerprint density at radius 1 is 1.47 bits per heavy atom. The van der Waals surface area contributed by atoms with Gasteiger partial charge in [-0.1, -0.05) is 30.7 Å². The first kappa shape index (κ1) is 11.8. The Kier molecular flexibility index (Phi) is 3.26. The number of rotatable bonds is 3. The van der Waals surface area contributed by atoms with Crippen molar-refractivity contribution in [1.29, 1.82) is 5.26 Å². The van der Waals surface area contributed by atoms with Crippen molar-refractivity contribution in [1.82, 2.24) is 4.57 Å². The fourth-order valence-electron chi connectivity index (χ4n) is 2.05. The molecule has 1 aromatic heterocycles. The van der Waals surface area contributed by atoms with Crippen LogP contribution < -0.4 is 4.74 Å². The molecule has 0 spiro atoms. The summed E-state index contributed by atoms with van der Waals surface area (Å²) < 4.78 is 7.28. The van der Waals surface area contributed by atoms with Crippen LogP contribution in [0.4, 0.5) is 0 Å². The maximum Gasteiger partial charge on any atom is 0.143 e. The van der Waals surface area contributed by atoms with Gasteiger partial charge in [-0.25, -0.2) is 0 Å². The van der Waals surface area contributed by atoms with Gasteiger partial charge in [0.25, 0.3) is 0 Å². The quantitative estimate of drug-likeness (QED) is 0.833. The Balaban J connectivity index is 2.87. The molecule has 2 rings (SSSR count). The number of nitrogens with zero attached hydrogens (tertiary/aromatic N) is 2. The average Bonchev–Trinajstić information content (AvgIpc) is 2.62. The molecule has 0 saturated heterocycles. The van der Waals surface area contributed by atoms with Crippen molar-refractivity contribution in [3.8, 4) is 11.8 Å². The minimum atomic E-state index is 0.494. The Morgan fingerprint density at radius 3 is 2.82 bits per heavy atom. The zero-order valence-electron chi connectivity index (χ0n) is 9.83. The highest BCUT2D eigenvalue weighted by atomic mass is 35.5. The standard InChI is InChI=1S/C13H13ClN2O/c1-3-7-16-12-9(10(8-15)13(16)14)5-4-6-11(12)17-2/h4-6H,3,7H2,1-2H3. The van der Waals surface area contributed by atoms with Gasteiger partial charge in [-0.15, -0.1) is 0 Å². The SMILES string of the molecule is CCCn1c(Cl)c(C#N)c2cccc(OC)c21. The van der Waals surface area contributed by atoms with Gasteiger partial charge in [0.15, 0.2) is 0 Å². The summed E-state index contributed by atoms with van der Waals surface area (Å²) in [6.07, 6.45) is 0.951. The predicted molar refractivity (Wildman–Crippen MR) is 68.5 cm³/mol. The van der Waals surface area contributed by atoms with Gasteiger partial charge < -0.3 is 9.30 Å². The maximum absolute atomic E-state index is 9.17. The van der Waals surface area contributed by atoms with E-state index in [0.29, 0.717) is 10.7 Å². The fraction of sp³-hybridized carbons (Fsp3) is 0.308. The molecular formula is C13H13ClN2O. The van der Waals surface area contributed by atoms with Crippen LogP contribution >= 0.6 is 11.6 Å². The normalized spacial score (nSPS) is 10.5. The molecule has 0 atom stereocenters. The molecule has 0 bridgehead atoms. The van der Waals surface area contributed by atoms with Gasteiger partial charge in [-0.05, 0) is 12.5 Å². The molecule has 0 aliphatic rings. The molecule has 1 heterocycles. The third-order valence-electron chi connectivity index (χ3n) is 2.76. The van der Waals surface area contributed by atoms with Crippen molar-refractivity contribution >= 4 is 22.5 Å². The molecule has 2 aromatic rings. The Labute approximate surface area is 105 Å². The van der Waals surface area contributed by atoms with Crippen LogP contribution in [0.2, 0.25) is 5.15 Å². The molecule has 0 fully saturated rings. The van der Waals surface area contributed by atoms with E-state index in [1.807, 2.05) is 22.8 Å². The molecule has 1 aromatic carbocycles. The van der Waals surface area contributed by atoms with Gasteiger partial charge >= 0.3 is 0 Å². The zero-order chi connectivity index (χ0) is 12.4. The highest BCUT2D eigenvalue weighted by Gasteiger charge is 2.17. The van der Waals surface area contributed by atoms with Gasteiger partial charge in [0, 0.05) is 11.9 Å². The minimum absolute atomic E-state index is 0.494. The summed E-state index contributed by atoms with van der Waals surface area (Å²) in [6.45, 7) is 2.85. The van der Waals surface area contributed by atoms with E-state index in [1.165, 1.54) is 0 Å². The molecule has 0 radical (unpaired) electrons. The number of para-hydroxylation sites is 1. The van der Waals surface area contributed by atoms with Crippen molar-refractivity contribution in [2.45, 2.75) is 19.9 Å². The van der Waals surface area contributed by atoms with Crippen LogP contribution in [0.25, 0.3) is 10.9 Å². The second-order valence-electron chi connectivity index (χ2n) is 3.79. The molecule has 0 amide bonds. The minimum Gasteiger partial charge on any atom is -0.495 e. The summed E-state index contributed by atoms with van der Waals surface area (Å²) in [7, 11) is 1.62. The Hall–Kier alpha value is -1.66. The number of hydrogen-bond acceptors (Lipinski definition) is 2. The molecule has 3 nitrogen and oxygen atoms in total. The number of aryl methyl sites for hydroxylation is 1. The molecule has 0 aliphatic carbocycles. The smallest absolute Gasteiger partial charge is 0.143 e. The fourth-order valence-corrected chi connectivity index (χ4v) is 2.36. The van der Waals surface area contributed by atoms with Crippen LogP contribution in [0.3, 0.4) is 0 Å². The Morgan fingerprint density at radius 2 is 2.24 bits per heavy atom. The zero-order valence-corrected chi connectivity index (χ0v) is 10.6. The predicted octanol–water partition coefficient (Wildman–Crippen LogP) is 3.58. The van der Waals surface area contributed by atoms with Crippen molar-refractivity contribution in [3.05, 3.63) is 28.9 Å². The number of ether oxygens (including phenoxy) is 1. The first-order valence-corrected chi connectivity index (χ1v) is 5.87.